The largest absolute Gasteiger partial charge is 0.354 e. The molecule has 0 spiro atoms. The summed E-state index contributed by atoms with van der Waals surface area (Å²) in [6, 6.07) is 16.6. The van der Waals surface area contributed by atoms with E-state index in [1.165, 1.54) is 4.68 Å². The minimum Gasteiger partial charge on any atom is -0.354 e. The molecule has 7 nitrogen and oxygen atoms in total. The molecule has 2 heterocycles. The van der Waals surface area contributed by atoms with Crippen molar-refractivity contribution in [3.05, 3.63) is 76.2 Å². The van der Waals surface area contributed by atoms with Crippen LogP contribution in [0.15, 0.2) is 59.4 Å². The van der Waals surface area contributed by atoms with Gasteiger partial charge < -0.3 is 10.6 Å². The number of hydrogen-bond acceptors (Lipinski definition) is 4. The van der Waals surface area contributed by atoms with E-state index in [0.717, 1.165) is 16.6 Å². The average Bonchev–Trinajstić information content (AvgIpc) is 3.11. The van der Waals surface area contributed by atoms with E-state index in [2.05, 4.69) is 15.7 Å². The van der Waals surface area contributed by atoms with E-state index in [0.29, 0.717) is 24.8 Å². The molecule has 2 N–H and O–H groups in total. The van der Waals surface area contributed by atoms with Crippen molar-refractivity contribution in [1.29, 1.82) is 0 Å². The molecule has 1 aliphatic rings. The number of aromatic nitrogens is 2. The number of carbonyl (C=O) groups excluding carboxylic acids is 2. The van der Waals surface area contributed by atoms with Gasteiger partial charge in [0.15, 0.2) is 0 Å². The van der Waals surface area contributed by atoms with Crippen LogP contribution in [0.5, 0.6) is 0 Å². The number of benzene rings is 2. The second-order valence-corrected chi connectivity index (χ2v) is 6.82. The third-order valence-electron chi connectivity index (χ3n) is 4.84. The van der Waals surface area contributed by atoms with Crippen LogP contribution < -0.4 is 16.2 Å². The molecule has 1 saturated heterocycles. The molecular formula is C21H20N4O3. The summed E-state index contributed by atoms with van der Waals surface area (Å²) in [5, 5.41) is 11.1. The van der Waals surface area contributed by atoms with Gasteiger partial charge in [0.05, 0.1) is 11.1 Å². The highest BCUT2D eigenvalue weighted by Gasteiger charge is 2.25. The molecule has 2 aromatic carbocycles. The van der Waals surface area contributed by atoms with Crippen LogP contribution in [0.4, 0.5) is 0 Å². The van der Waals surface area contributed by atoms with Gasteiger partial charge in [-0.25, -0.2) is 4.68 Å². The molecule has 1 atom stereocenters. The maximum Gasteiger partial charge on any atom is 0.275 e. The number of nitrogens with one attached hydrogen (secondary N) is 2. The molecule has 1 aliphatic heterocycles. The van der Waals surface area contributed by atoms with E-state index in [4.69, 9.17) is 0 Å². The Morgan fingerprint density at radius 1 is 1.07 bits per heavy atom. The Morgan fingerprint density at radius 2 is 1.79 bits per heavy atom. The van der Waals surface area contributed by atoms with Gasteiger partial charge in [-0.1, -0.05) is 48.5 Å². The van der Waals surface area contributed by atoms with E-state index < -0.39 is 11.9 Å². The van der Waals surface area contributed by atoms with E-state index in [1.807, 2.05) is 42.5 Å². The summed E-state index contributed by atoms with van der Waals surface area (Å²) in [4.78, 5) is 36.8. The Hall–Kier alpha value is -3.48. The van der Waals surface area contributed by atoms with Crippen LogP contribution in [-0.2, 0) is 22.6 Å². The fourth-order valence-electron chi connectivity index (χ4n) is 3.44. The van der Waals surface area contributed by atoms with Crippen molar-refractivity contribution in [3.63, 3.8) is 0 Å². The van der Waals surface area contributed by atoms with Crippen LogP contribution in [0.25, 0.3) is 10.8 Å². The van der Waals surface area contributed by atoms with Crippen LogP contribution >= 0.6 is 0 Å². The van der Waals surface area contributed by atoms with E-state index >= 15 is 0 Å². The molecule has 0 unspecified atom stereocenters. The van der Waals surface area contributed by atoms with Crippen molar-refractivity contribution in [2.24, 2.45) is 0 Å². The highest BCUT2D eigenvalue weighted by atomic mass is 16.2. The molecule has 0 saturated carbocycles. The first-order valence-corrected chi connectivity index (χ1v) is 9.21. The van der Waals surface area contributed by atoms with Crippen LogP contribution in [0.3, 0.4) is 0 Å². The summed E-state index contributed by atoms with van der Waals surface area (Å²) in [6.45, 7) is 0.314. The maximum atomic E-state index is 12.8. The zero-order valence-electron chi connectivity index (χ0n) is 15.2. The van der Waals surface area contributed by atoms with Crippen molar-refractivity contribution >= 4 is 22.6 Å². The number of rotatable bonds is 5. The Morgan fingerprint density at radius 3 is 2.50 bits per heavy atom. The summed E-state index contributed by atoms with van der Waals surface area (Å²) >= 11 is 0. The molecule has 28 heavy (non-hydrogen) atoms. The third-order valence-corrected chi connectivity index (χ3v) is 4.84. The number of amides is 2. The minimum atomic E-state index is -0.549. The van der Waals surface area contributed by atoms with E-state index in [1.54, 1.807) is 12.1 Å². The highest BCUT2D eigenvalue weighted by molar-refractivity contribution is 5.89. The molecule has 142 valence electrons. The van der Waals surface area contributed by atoms with Crippen molar-refractivity contribution in [2.45, 2.75) is 25.4 Å². The number of fused-ring (bicyclic) bond motifs is 1. The van der Waals surface area contributed by atoms with Gasteiger partial charge in [-0.2, -0.15) is 5.10 Å². The lowest BCUT2D eigenvalue weighted by molar-refractivity contribution is -0.127. The fraction of sp³-hybridized carbons (Fsp3) is 0.238. The summed E-state index contributed by atoms with van der Waals surface area (Å²) < 4.78 is 1.18. The fourth-order valence-corrected chi connectivity index (χ4v) is 3.44. The Balaban J connectivity index is 1.66. The van der Waals surface area contributed by atoms with Crippen molar-refractivity contribution in [2.75, 3.05) is 6.54 Å². The predicted octanol–water partition coefficient (Wildman–Crippen LogP) is 0.992. The second-order valence-electron chi connectivity index (χ2n) is 6.82. The minimum absolute atomic E-state index is 0.197. The van der Waals surface area contributed by atoms with Gasteiger partial charge in [0.1, 0.15) is 12.6 Å². The number of carbonyl (C=O) groups is 2. The molecule has 4 rings (SSSR count). The van der Waals surface area contributed by atoms with Crippen LogP contribution in [0, 0.1) is 0 Å². The van der Waals surface area contributed by atoms with Gasteiger partial charge in [-0.3, -0.25) is 14.4 Å². The zero-order valence-corrected chi connectivity index (χ0v) is 15.2. The molecule has 7 heteroatoms. The topological polar surface area (TPSA) is 93.1 Å². The van der Waals surface area contributed by atoms with E-state index in [-0.39, 0.29) is 18.0 Å². The predicted molar refractivity (Wildman–Crippen MR) is 105 cm³/mol. The second kappa shape index (κ2) is 7.64. The Kier molecular flexibility index (Phi) is 4.89. The lowest BCUT2D eigenvalue weighted by atomic mass is 10.0. The average molecular weight is 376 g/mol. The standard InChI is InChI=1S/C21H20N4O3/c26-19(23-17-10-11-22-20(17)27)13-25-21(28)16-9-5-4-8-15(16)18(24-25)12-14-6-2-1-3-7-14/h1-9,17H,10-13H2,(H,22,27)(H,23,26)/t17-/m1/s1. The lowest BCUT2D eigenvalue weighted by Crippen LogP contribution is -2.43. The molecule has 0 bridgehead atoms. The summed E-state index contributed by atoms with van der Waals surface area (Å²) in [7, 11) is 0. The van der Waals surface area contributed by atoms with E-state index in [9.17, 15) is 14.4 Å². The smallest absolute Gasteiger partial charge is 0.275 e. The summed E-state index contributed by atoms with van der Waals surface area (Å²) in [5.74, 6) is -0.602. The molecule has 1 fully saturated rings. The van der Waals surface area contributed by atoms with Gasteiger partial charge in [0, 0.05) is 18.4 Å². The van der Waals surface area contributed by atoms with Crippen LogP contribution in [0.2, 0.25) is 0 Å². The molecule has 0 radical (unpaired) electrons. The number of nitrogens with zero attached hydrogens (tertiary/aromatic N) is 2. The highest BCUT2D eigenvalue weighted by Crippen LogP contribution is 2.17. The SMILES string of the molecule is O=C(Cn1nc(Cc2ccccc2)c2ccccc2c1=O)N[C@@H]1CCNC1=O. The van der Waals surface area contributed by atoms with Crippen molar-refractivity contribution < 1.29 is 9.59 Å². The maximum absolute atomic E-state index is 12.8. The normalized spacial score (nSPS) is 16.1. The van der Waals surface area contributed by atoms with Gasteiger partial charge in [-0.15, -0.1) is 0 Å². The van der Waals surface area contributed by atoms with Gasteiger partial charge >= 0.3 is 0 Å². The molecule has 3 aromatic rings. The first-order valence-electron chi connectivity index (χ1n) is 9.21. The molecule has 0 aliphatic carbocycles. The monoisotopic (exact) mass is 376 g/mol. The first-order chi connectivity index (χ1) is 13.6. The van der Waals surface area contributed by atoms with Crippen LogP contribution in [-0.4, -0.2) is 34.2 Å². The summed E-state index contributed by atoms with van der Waals surface area (Å²) in [5.41, 5.74) is 1.48. The van der Waals surface area contributed by atoms with Gasteiger partial charge in [-0.05, 0) is 18.1 Å². The van der Waals surface area contributed by atoms with Gasteiger partial charge in [0.25, 0.3) is 5.56 Å². The number of hydrogen-bond donors (Lipinski definition) is 2. The van der Waals surface area contributed by atoms with Crippen molar-refractivity contribution in [1.82, 2.24) is 20.4 Å². The molecule has 2 amide bonds. The zero-order chi connectivity index (χ0) is 19.5. The lowest BCUT2D eigenvalue weighted by Gasteiger charge is -2.13. The summed E-state index contributed by atoms with van der Waals surface area (Å²) in [6.07, 6.45) is 1.10. The first kappa shape index (κ1) is 17.9. The third kappa shape index (κ3) is 3.64. The Labute approximate surface area is 161 Å². The van der Waals surface area contributed by atoms with Crippen molar-refractivity contribution in [3.8, 4) is 0 Å². The van der Waals surface area contributed by atoms with Crippen LogP contribution in [0.1, 0.15) is 17.7 Å². The Bertz CT molecular complexity index is 1090. The van der Waals surface area contributed by atoms with Gasteiger partial charge in [0.2, 0.25) is 11.8 Å². The molecule has 1 aromatic heterocycles. The quantitative estimate of drug-likeness (QED) is 0.695. The molecular weight excluding hydrogens is 356 g/mol.